The normalized spacial score (nSPS) is 16.1. The van der Waals surface area contributed by atoms with E-state index in [0.29, 0.717) is 12.3 Å². The molecule has 11 heteroatoms. The second-order valence-corrected chi connectivity index (χ2v) is 11.5. The Kier molecular flexibility index (Phi) is 14.5. The van der Waals surface area contributed by atoms with Crippen LogP contribution >= 0.6 is 12.6 Å². The molecule has 0 aliphatic rings. The van der Waals surface area contributed by atoms with E-state index < -0.39 is 33.9 Å². The van der Waals surface area contributed by atoms with E-state index in [-0.39, 0.29) is 43.2 Å². The first-order chi connectivity index (χ1) is 16.5. The summed E-state index contributed by atoms with van der Waals surface area (Å²) in [5, 5.41) is 6.05. The van der Waals surface area contributed by atoms with Crippen LogP contribution in [0.4, 0.5) is 0 Å². The van der Waals surface area contributed by atoms with Gasteiger partial charge in [0.1, 0.15) is 22.0 Å². The van der Waals surface area contributed by atoms with Gasteiger partial charge in [-0.15, -0.1) is 0 Å². The number of nitrogens with two attached hydrogens (primary N) is 1. The fourth-order valence-corrected chi connectivity index (χ4v) is 4.13. The summed E-state index contributed by atoms with van der Waals surface area (Å²) in [6.07, 6.45) is 1.29. The SMILES string of the molecule is CCC(C)[C@@H](CO[C@@H](Cc1ccccc1)C(=O)N[C@@H](CCS(C)(=O)=O)C(=O)OC)NCC(N)CS. The van der Waals surface area contributed by atoms with Crippen LogP contribution in [0, 0.1) is 5.92 Å². The fourth-order valence-electron chi connectivity index (χ4n) is 3.34. The van der Waals surface area contributed by atoms with Crippen molar-refractivity contribution in [3.8, 4) is 0 Å². The summed E-state index contributed by atoms with van der Waals surface area (Å²) in [5.41, 5.74) is 6.89. The molecule has 0 aliphatic carbocycles. The van der Waals surface area contributed by atoms with Crippen molar-refractivity contribution in [1.29, 1.82) is 0 Å². The molecule has 0 saturated carbocycles. The van der Waals surface area contributed by atoms with E-state index in [1.165, 1.54) is 7.11 Å². The van der Waals surface area contributed by atoms with E-state index in [2.05, 4.69) is 37.1 Å². The van der Waals surface area contributed by atoms with Crippen molar-refractivity contribution in [3.63, 3.8) is 0 Å². The standard InChI is InChI=1S/C24H41N3O6S2/c1-5-17(2)21(26-14-19(25)16-34)15-33-22(13-18-9-7-6-8-10-18)23(28)27-20(24(29)32-3)11-12-35(4,30)31/h6-10,17,19-22,26,34H,5,11-16,25H2,1-4H3,(H,27,28)/t17?,19?,20-,21+,22-/m0/s1. The second-order valence-electron chi connectivity index (χ2n) is 8.86. The molecule has 1 amide bonds. The van der Waals surface area contributed by atoms with Crippen LogP contribution in [0.2, 0.25) is 0 Å². The third-order valence-electron chi connectivity index (χ3n) is 5.82. The molecule has 4 N–H and O–H groups in total. The summed E-state index contributed by atoms with van der Waals surface area (Å²) in [6, 6.07) is 8.16. The van der Waals surface area contributed by atoms with Crippen LogP contribution in [0.1, 0.15) is 32.3 Å². The average molecular weight is 532 g/mol. The van der Waals surface area contributed by atoms with Crippen LogP contribution < -0.4 is 16.4 Å². The first-order valence-corrected chi connectivity index (χ1v) is 14.5. The van der Waals surface area contributed by atoms with Gasteiger partial charge in [0.25, 0.3) is 0 Å². The van der Waals surface area contributed by atoms with Gasteiger partial charge in [-0.1, -0.05) is 50.6 Å². The van der Waals surface area contributed by atoms with E-state index in [9.17, 15) is 18.0 Å². The summed E-state index contributed by atoms with van der Waals surface area (Å²) in [7, 11) is -2.14. The van der Waals surface area contributed by atoms with Crippen LogP contribution in [0.15, 0.2) is 30.3 Å². The zero-order valence-corrected chi connectivity index (χ0v) is 22.8. The summed E-state index contributed by atoms with van der Waals surface area (Å²) < 4.78 is 34.1. The lowest BCUT2D eigenvalue weighted by molar-refractivity contribution is -0.147. The van der Waals surface area contributed by atoms with Gasteiger partial charge in [0, 0.05) is 37.1 Å². The Hall–Kier alpha value is -1.66. The predicted octanol–water partition coefficient (Wildman–Crippen LogP) is 0.968. The van der Waals surface area contributed by atoms with Gasteiger partial charge in [-0.3, -0.25) is 4.79 Å². The molecule has 200 valence electrons. The molecule has 0 fully saturated rings. The van der Waals surface area contributed by atoms with Gasteiger partial charge in [0.2, 0.25) is 5.91 Å². The highest BCUT2D eigenvalue weighted by Gasteiger charge is 2.29. The molecular formula is C24H41N3O6S2. The Morgan fingerprint density at radius 2 is 1.86 bits per heavy atom. The van der Waals surface area contributed by atoms with Crippen molar-refractivity contribution in [2.75, 3.05) is 38.0 Å². The molecule has 0 radical (unpaired) electrons. The first-order valence-electron chi connectivity index (χ1n) is 11.8. The average Bonchev–Trinajstić information content (AvgIpc) is 2.84. The topological polar surface area (TPSA) is 137 Å². The lowest BCUT2D eigenvalue weighted by Crippen LogP contribution is -2.50. The minimum absolute atomic E-state index is 0.0429. The summed E-state index contributed by atoms with van der Waals surface area (Å²) in [5.74, 6) is -0.668. The number of thiol groups is 1. The van der Waals surface area contributed by atoms with Gasteiger partial charge in [0.05, 0.1) is 19.5 Å². The van der Waals surface area contributed by atoms with Crippen molar-refractivity contribution in [2.24, 2.45) is 11.7 Å². The van der Waals surface area contributed by atoms with E-state index in [0.717, 1.165) is 18.2 Å². The van der Waals surface area contributed by atoms with Gasteiger partial charge < -0.3 is 25.8 Å². The number of hydrogen-bond acceptors (Lipinski definition) is 9. The van der Waals surface area contributed by atoms with Crippen LogP contribution in [-0.4, -0.2) is 82.5 Å². The molecule has 35 heavy (non-hydrogen) atoms. The monoisotopic (exact) mass is 531 g/mol. The van der Waals surface area contributed by atoms with Crippen LogP contribution in [0.25, 0.3) is 0 Å². The number of ether oxygens (including phenoxy) is 2. The number of rotatable bonds is 17. The number of carbonyl (C=O) groups excluding carboxylic acids is 2. The number of carbonyl (C=O) groups is 2. The second kappa shape index (κ2) is 16.2. The molecule has 5 atom stereocenters. The van der Waals surface area contributed by atoms with E-state index >= 15 is 0 Å². The lowest BCUT2D eigenvalue weighted by atomic mass is 9.99. The number of methoxy groups -OCH3 is 1. The quantitative estimate of drug-likeness (QED) is 0.172. The Balaban J connectivity index is 3.02. The predicted molar refractivity (Wildman–Crippen MR) is 141 cm³/mol. The molecule has 1 rings (SSSR count). The highest BCUT2D eigenvalue weighted by atomic mass is 32.2. The molecule has 0 saturated heterocycles. The van der Waals surface area contributed by atoms with Gasteiger partial charge in [-0.05, 0) is 17.9 Å². The van der Waals surface area contributed by atoms with Gasteiger partial charge >= 0.3 is 5.97 Å². The summed E-state index contributed by atoms with van der Waals surface area (Å²) in [6.45, 7) is 4.99. The molecule has 0 heterocycles. The minimum atomic E-state index is -3.33. The zero-order chi connectivity index (χ0) is 26.4. The molecule has 0 spiro atoms. The minimum Gasteiger partial charge on any atom is -0.467 e. The van der Waals surface area contributed by atoms with E-state index in [4.69, 9.17) is 15.2 Å². The molecule has 2 unspecified atom stereocenters. The Labute approximate surface area is 215 Å². The number of hydrogen-bond donors (Lipinski definition) is 4. The van der Waals surface area contributed by atoms with Gasteiger partial charge in [0.15, 0.2) is 0 Å². The van der Waals surface area contributed by atoms with E-state index in [1.807, 2.05) is 30.3 Å². The number of amides is 1. The maximum absolute atomic E-state index is 13.2. The molecular weight excluding hydrogens is 490 g/mol. The highest BCUT2D eigenvalue weighted by Crippen LogP contribution is 2.13. The largest absolute Gasteiger partial charge is 0.467 e. The molecule has 0 aromatic heterocycles. The van der Waals surface area contributed by atoms with Crippen molar-refractivity contribution in [3.05, 3.63) is 35.9 Å². The van der Waals surface area contributed by atoms with Crippen molar-refractivity contribution in [1.82, 2.24) is 10.6 Å². The Morgan fingerprint density at radius 1 is 1.20 bits per heavy atom. The Morgan fingerprint density at radius 3 is 2.40 bits per heavy atom. The third kappa shape index (κ3) is 12.7. The number of esters is 1. The maximum atomic E-state index is 13.2. The molecule has 0 bridgehead atoms. The maximum Gasteiger partial charge on any atom is 0.328 e. The van der Waals surface area contributed by atoms with Gasteiger partial charge in [-0.2, -0.15) is 12.6 Å². The van der Waals surface area contributed by atoms with Crippen molar-refractivity contribution < 1.29 is 27.5 Å². The van der Waals surface area contributed by atoms with Crippen LogP contribution in [-0.2, 0) is 35.3 Å². The smallest absolute Gasteiger partial charge is 0.328 e. The summed E-state index contributed by atoms with van der Waals surface area (Å²) in [4.78, 5) is 25.4. The van der Waals surface area contributed by atoms with Crippen LogP contribution in [0.5, 0.6) is 0 Å². The highest BCUT2D eigenvalue weighted by molar-refractivity contribution is 7.90. The van der Waals surface area contributed by atoms with E-state index in [1.54, 1.807) is 0 Å². The number of nitrogens with one attached hydrogen (secondary N) is 2. The lowest BCUT2D eigenvalue weighted by Gasteiger charge is -2.28. The van der Waals surface area contributed by atoms with Crippen molar-refractivity contribution >= 4 is 34.3 Å². The summed E-state index contributed by atoms with van der Waals surface area (Å²) >= 11 is 4.23. The number of benzene rings is 1. The van der Waals surface area contributed by atoms with Crippen molar-refractivity contribution in [2.45, 2.75) is 57.3 Å². The third-order valence-corrected chi connectivity index (χ3v) is 7.27. The zero-order valence-electron chi connectivity index (χ0n) is 21.1. The van der Waals surface area contributed by atoms with Crippen LogP contribution in [0.3, 0.4) is 0 Å². The molecule has 1 aromatic rings. The molecule has 9 nitrogen and oxygen atoms in total. The Bertz CT molecular complexity index is 869. The number of sulfone groups is 1. The van der Waals surface area contributed by atoms with Gasteiger partial charge in [-0.25, -0.2) is 13.2 Å². The first kappa shape index (κ1) is 31.4. The fraction of sp³-hybridized carbons (Fsp3) is 0.667. The molecule has 1 aromatic carbocycles. The molecule has 0 aliphatic heterocycles.